The maximum absolute atomic E-state index is 11.3. The fourth-order valence-electron chi connectivity index (χ4n) is 4.44. The summed E-state index contributed by atoms with van der Waals surface area (Å²) in [6, 6.07) is 11.0. The van der Waals surface area contributed by atoms with E-state index in [9.17, 15) is 9.90 Å². The molecule has 4 atom stereocenters. The van der Waals surface area contributed by atoms with Gasteiger partial charge in [0.15, 0.2) is 0 Å². The van der Waals surface area contributed by atoms with Crippen molar-refractivity contribution in [1.82, 2.24) is 0 Å². The Bertz CT molecular complexity index is 487. The van der Waals surface area contributed by atoms with Crippen molar-refractivity contribution in [3.8, 4) is 0 Å². The Morgan fingerprint density at radius 3 is 2.36 bits per heavy atom. The maximum Gasteiger partial charge on any atom is 0.306 e. The average molecular weight is 301 g/mol. The molecule has 4 unspecified atom stereocenters. The van der Waals surface area contributed by atoms with Crippen molar-refractivity contribution < 1.29 is 9.90 Å². The third kappa shape index (κ3) is 3.82. The summed E-state index contributed by atoms with van der Waals surface area (Å²) in [5.41, 5.74) is 1.21. The van der Waals surface area contributed by atoms with Gasteiger partial charge in [-0.05, 0) is 49.7 Å². The monoisotopic (exact) mass is 301 g/mol. The molecule has 22 heavy (non-hydrogen) atoms. The van der Waals surface area contributed by atoms with Crippen molar-refractivity contribution in [2.75, 3.05) is 5.32 Å². The minimum absolute atomic E-state index is 0.0961. The highest BCUT2D eigenvalue weighted by Crippen LogP contribution is 2.40. The molecule has 2 saturated carbocycles. The van der Waals surface area contributed by atoms with Crippen LogP contribution in [0.25, 0.3) is 0 Å². The van der Waals surface area contributed by atoms with Crippen LogP contribution in [0.5, 0.6) is 0 Å². The van der Waals surface area contributed by atoms with Crippen molar-refractivity contribution in [3.05, 3.63) is 30.3 Å². The first-order valence-electron chi connectivity index (χ1n) is 8.77. The Labute approximate surface area is 133 Å². The van der Waals surface area contributed by atoms with Gasteiger partial charge >= 0.3 is 5.97 Å². The van der Waals surface area contributed by atoms with Gasteiger partial charge in [0.05, 0.1) is 5.92 Å². The topological polar surface area (TPSA) is 49.3 Å². The van der Waals surface area contributed by atoms with Gasteiger partial charge in [-0.2, -0.15) is 0 Å². The van der Waals surface area contributed by atoms with E-state index in [1.54, 1.807) is 0 Å². The molecule has 0 saturated heterocycles. The normalized spacial score (nSPS) is 32.4. The van der Waals surface area contributed by atoms with Crippen molar-refractivity contribution in [2.24, 2.45) is 17.8 Å². The number of benzene rings is 1. The molecule has 0 spiro atoms. The largest absolute Gasteiger partial charge is 0.481 e. The lowest BCUT2D eigenvalue weighted by molar-refractivity contribution is -0.143. The molecule has 2 aliphatic carbocycles. The van der Waals surface area contributed by atoms with E-state index in [2.05, 4.69) is 29.6 Å². The fraction of sp³-hybridized carbons (Fsp3) is 0.632. The van der Waals surface area contributed by atoms with E-state index in [-0.39, 0.29) is 5.92 Å². The number of aliphatic carboxylic acids is 1. The number of nitrogens with one attached hydrogen (secondary N) is 1. The van der Waals surface area contributed by atoms with Crippen LogP contribution in [-0.2, 0) is 4.79 Å². The third-order valence-electron chi connectivity index (χ3n) is 5.59. The minimum Gasteiger partial charge on any atom is -0.481 e. The second-order valence-electron chi connectivity index (χ2n) is 7.10. The Kier molecular flexibility index (Phi) is 5.01. The summed E-state index contributed by atoms with van der Waals surface area (Å²) in [4.78, 5) is 11.3. The average Bonchev–Trinajstić information content (AvgIpc) is 2.56. The predicted octanol–water partition coefficient (Wildman–Crippen LogP) is 4.55. The lowest BCUT2D eigenvalue weighted by Crippen LogP contribution is -2.34. The van der Waals surface area contributed by atoms with E-state index in [0.29, 0.717) is 17.9 Å². The van der Waals surface area contributed by atoms with Gasteiger partial charge in [-0.1, -0.05) is 43.9 Å². The molecular weight excluding hydrogens is 274 g/mol. The van der Waals surface area contributed by atoms with Gasteiger partial charge in [-0.15, -0.1) is 0 Å². The van der Waals surface area contributed by atoms with Gasteiger partial charge in [0, 0.05) is 11.7 Å². The number of carboxylic acid groups (broad SMARTS) is 1. The van der Waals surface area contributed by atoms with Gasteiger partial charge in [0.1, 0.15) is 0 Å². The Morgan fingerprint density at radius 1 is 0.955 bits per heavy atom. The molecule has 0 amide bonds. The van der Waals surface area contributed by atoms with E-state index in [1.165, 1.54) is 37.8 Å². The van der Waals surface area contributed by atoms with Gasteiger partial charge in [0.25, 0.3) is 0 Å². The van der Waals surface area contributed by atoms with Gasteiger partial charge in [-0.25, -0.2) is 0 Å². The molecule has 0 bridgehead atoms. The van der Waals surface area contributed by atoms with Crippen LogP contribution in [0.1, 0.15) is 51.4 Å². The zero-order valence-corrected chi connectivity index (χ0v) is 13.2. The Balaban J connectivity index is 1.57. The molecule has 0 aromatic heterocycles. The molecule has 0 radical (unpaired) electrons. The zero-order valence-electron chi connectivity index (χ0n) is 13.2. The predicted molar refractivity (Wildman–Crippen MR) is 88.9 cm³/mol. The minimum atomic E-state index is -0.584. The standard InChI is InChI=1S/C19H27NO2/c21-19(22)16-8-4-6-14(12-16)15-7-5-11-18(13-15)20-17-9-2-1-3-10-17/h1-3,9-10,14-16,18,20H,4-8,11-13H2,(H,21,22). The first-order chi connectivity index (χ1) is 10.7. The van der Waals surface area contributed by atoms with E-state index in [1.807, 2.05) is 6.07 Å². The first-order valence-corrected chi connectivity index (χ1v) is 8.77. The van der Waals surface area contributed by atoms with Gasteiger partial charge in [0.2, 0.25) is 0 Å². The number of hydrogen-bond donors (Lipinski definition) is 2. The van der Waals surface area contributed by atoms with E-state index >= 15 is 0 Å². The second-order valence-corrected chi connectivity index (χ2v) is 7.10. The van der Waals surface area contributed by atoms with Crippen LogP contribution in [0.3, 0.4) is 0 Å². The molecule has 0 heterocycles. The van der Waals surface area contributed by atoms with Gasteiger partial charge < -0.3 is 10.4 Å². The Morgan fingerprint density at radius 2 is 1.64 bits per heavy atom. The molecule has 2 aliphatic rings. The summed E-state index contributed by atoms with van der Waals surface area (Å²) >= 11 is 0. The van der Waals surface area contributed by atoms with Crippen LogP contribution in [0, 0.1) is 17.8 Å². The molecule has 0 aliphatic heterocycles. The van der Waals surface area contributed by atoms with E-state index in [4.69, 9.17) is 0 Å². The molecular formula is C19H27NO2. The van der Waals surface area contributed by atoms with Crippen molar-refractivity contribution in [2.45, 2.75) is 57.4 Å². The van der Waals surface area contributed by atoms with Crippen LogP contribution in [0.2, 0.25) is 0 Å². The number of anilines is 1. The molecule has 3 rings (SSSR count). The molecule has 3 nitrogen and oxygen atoms in total. The van der Waals surface area contributed by atoms with Crippen LogP contribution in [0.15, 0.2) is 30.3 Å². The third-order valence-corrected chi connectivity index (χ3v) is 5.59. The van der Waals surface area contributed by atoms with E-state index < -0.39 is 5.97 Å². The number of hydrogen-bond acceptors (Lipinski definition) is 2. The SMILES string of the molecule is O=C(O)C1CCCC(C2CCCC(Nc3ccccc3)C2)C1. The molecule has 3 heteroatoms. The smallest absolute Gasteiger partial charge is 0.306 e. The van der Waals surface area contributed by atoms with Crippen LogP contribution < -0.4 is 5.32 Å². The highest BCUT2D eigenvalue weighted by atomic mass is 16.4. The Hall–Kier alpha value is -1.51. The number of rotatable bonds is 4. The lowest BCUT2D eigenvalue weighted by atomic mass is 9.69. The molecule has 2 fully saturated rings. The second kappa shape index (κ2) is 7.17. The van der Waals surface area contributed by atoms with Crippen LogP contribution >= 0.6 is 0 Å². The number of para-hydroxylation sites is 1. The van der Waals surface area contributed by atoms with E-state index in [0.717, 1.165) is 19.3 Å². The van der Waals surface area contributed by atoms with Crippen molar-refractivity contribution in [1.29, 1.82) is 0 Å². The number of carboxylic acids is 1. The summed E-state index contributed by atoms with van der Waals surface area (Å²) in [7, 11) is 0. The molecule has 2 N–H and O–H groups in total. The van der Waals surface area contributed by atoms with Crippen molar-refractivity contribution >= 4 is 11.7 Å². The van der Waals surface area contributed by atoms with Crippen LogP contribution in [-0.4, -0.2) is 17.1 Å². The van der Waals surface area contributed by atoms with Gasteiger partial charge in [-0.3, -0.25) is 4.79 Å². The highest BCUT2D eigenvalue weighted by Gasteiger charge is 2.34. The highest BCUT2D eigenvalue weighted by molar-refractivity contribution is 5.70. The summed E-state index contributed by atoms with van der Waals surface area (Å²) in [6.07, 6.45) is 9.09. The molecule has 1 aromatic carbocycles. The zero-order chi connectivity index (χ0) is 15.4. The summed E-state index contributed by atoms with van der Waals surface area (Å²) in [5.74, 6) is 0.646. The van der Waals surface area contributed by atoms with Crippen LogP contribution in [0.4, 0.5) is 5.69 Å². The quantitative estimate of drug-likeness (QED) is 0.858. The first kappa shape index (κ1) is 15.4. The molecule has 1 aromatic rings. The van der Waals surface area contributed by atoms with Crippen molar-refractivity contribution in [3.63, 3.8) is 0 Å². The fourth-order valence-corrected chi connectivity index (χ4v) is 4.44. The summed E-state index contributed by atoms with van der Waals surface area (Å²) in [6.45, 7) is 0. The molecule has 120 valence electrons. The summed E-state index contributed by atoms with van der Waals surface area (Å²) in [5, 5.41) is 13.0. The number of carbonyl (C=O) groups is 1. The lowest BCUT2D eigenvalue weighted by Gasteiger charge is -2.38. The summed E-state index contributed by atoms with van der Waals surface area (Å²) < 4.78 is 0. The maximum atomic E-state index is 11.3.